The van der Waals surface area contributed by atoms with Gasteiger partial charge in [-0.25, -0.2) is 0 Å². The van der Waals surface area contributed by atoms with Gasteiger partial charge in [-0.3, -0.25) is 4.68 Å². The summed E-state index contributed by atoms with van der Waals surface area (Å²) in [6.45, 7) is 5.13. The number of nitrogens with two attached hydrogens (primary N) is 1. The second-order valence-electron chi connectivity index (χ2n) is 5.05. The maximum absolute atomic E-state index is 6.51. The van der Waals surface area contributed by atoms with E-state index in [1.54, 1.807) is 6.20 Å². The van der Waals surface area contributed by atoms with Crippen molar-refractivity contribution in [3.05, 3.63) is 52.8 Å². The molecule has 2 atom stereocenters. The molecular formula is C16H22ClN3. The van der Waals surface area contributed by atoms with E-state index in [1.165, 1.54) is 5.56 Å². The minimum atomic E-state index is -0.135. The predicted octanol–water partition coefficient (Wildman–Crippen LogP) is 4.14. The lowest BCUT2D eigenvalue weighted by molar-refractivity contribution is 0.477. The molecular weight excluding hydrogens is 270 g/mol. The minimum Gasteiger partial charge on any atom is -0.322 e. The molecule has 0 amide bonds. The molecule has 0 aliphatic carbocycles. The van der Waals surface area contributed by atoms with Crippen LogP contribution < -0.4 is 5.73 Å². The van der Waals surface area contributed by atoms with Gasteiger partial charge in [0.15, 0.2) is 0 Å². The van der Waals surface area contributed by atoms with Crippen LogP contribution in [0, 0.1) is 0 Å². The molecule has 0 saturated carbocycles. The van der Waals surface area contributed by atoms with Crippen LogP contribution in [-0.4, -0.2) is 9.78 Å². The Hall–Kier alpha value is -1.32. The maximum atomic E-state index is 6.51. The SMILES string of the molecule is CCCn1ncc(Cl)c1C(N)C(CC)c1ccccc1. The average Bonchev–Trinajstić information content (AvgIpc) is 2.82. The van der Waals surface area contributed by atoms with Crippen LogP contribution in [-0.2, 0) is 6.54 Å². The Morgan fingerprint density at radius 1 is 1.25 bits per heavy atom. The molecule has 2 N–H and O–H groups in total. The van der Waals surface area contributed by atoms with Crippen LogP contribution in [0.2, 0.25) is 5.02 Å². The molecule has 3 nitrogen and oxygen atoms in total. The highest BCUT2D eigenvalue weighted by Crippen LogP contribution is 2.34. The number of benzene rings is 1. The van der Waals surface area contributed by atoms with Gasteiger partial charge in [0.05, 0.1) is 23.0 Å². The van der Waals surface area contributed by atoms with Crippen molar-refractivity contribution >= 4 is 11.6 Å². The summed E-state index contributed by atoms with van der Waals surface area (Å²) in [6.07, 6.45) is 3.68. The minimum absolute atomic E-state index is 0.135. The molecule has 20 heavy (non-hydrogen) atoms. The van der Waals surface area contributed by atoms with E-state index in [1.807, 2.05) is 10.7 Å². The third-order valence-corrected chi connectivity index (χ3v) is 3.98. The molecule has 0 spiro atoms. The third kappa shape index (κ3) is 3.05. The largest absolute Gasteiger partial charge is 0.322 e. The van der Waals surface area contributed by atoms with Crippen LogP contribution in [0.1, 0.15) is 49.9 Å². The molecule has 2 unspecified atom stereocenters. The molecule has 2 rings (SSSR count). The van der Waals surface area contributed by atoms with E-state index in [9.17, 15) is 0 Å². The van der Waals surface area contributed by atoms with E-state index < -0.39 is 0 Å². The molecule has 0 aliphatic heterocycles. The molecule has 1 aromatic carbocycles. The van der Waals surface area contributed by atoms with Crippen LogP contribution >= 0.6 is 11.6 Å². The Labute approximate surface area is 125 Å². The standard InChI is InChI=1S/C16H22ClN3/c1-3-10-20-16(14(17)11-19-20)15(18)13(4-2)12-8-6-5-7-9-12/h5-9,11,13,15H,3-4,10,18H2,1-2H3. The Balaban J connectivity index is 2.34. The van der Waals surface area contributed by atoms with Gasteiger partial charge in [0.2, 0.25) is 0 Å². The number of hydrogen-bond acceptors (Lipinski definition) is 2. The van der Waals surface area contributed by atoms with Crippen molar-refractivity contribution in [1.29, 1.82) is 0 Å². The van der Waals surface area contributed by atoms with Crippen molar-refractivity contribution in [3.63, 3.8) is 0 Å². The van der Waals surface area contributed by atoms with E-state index in [-0.39, 0.29) is 12.0 Å². The molecule has 1 heterocycles. The smallest absolute Gasteiger partial charge is 0.0834 e. The summed E-state index contributed by atoms with van der Waals surface area (Å²) in [7, 11) is 0. The molecule has 1 aromatic heterocycles. The fourth-order valence-electron chi connectivity index (χ4n) is 2.68. The van der Waals surface area contributed by atoms with Gasteiger partial charge in [-0.05, 0) is 18.4 Å². The first-order valence-electron chi connectivity index (χ1n) is 7.20. The lowest BCUT2D eigenvalue weighted by atomic mass is 9.88. The van der Waals surface area contributed by atoms with Crippen molar-refractivity contribution in [3.8, 4) is 0 Å². The molecule has 0 fully saturated rings. The van der Waals surface area contributed by atoms with Gasteiger partial charge < -0.3 is 5.73 Å². The van der Waals surface area contributed by atoms with Gasteiger partial charge in [-0.15, -0.1) is 0 Å². The highest BCUT2D eigenvalue weighted by molar-refractivity contribution is 6.31. The Morgan fingerprint density at radius 3 is 2.55 bits per heavy atom. The molecule has 0 radical (unpaired) electrons. The maximum Gasteiger partial charge on any atom is 0.0834 e. The van der Waals surface area contributed by atoms with Gasteiger partial charge in [-0.2, -0.15) is 5.10 Å². The van der Waals surface area contributed by atoms with E-state index in [0.717, 1.165) is 25.1 Å². The summed E-state index contributed by atoms with van der Waals surface area (Å²) in [5, 5.41) is 5.01. The number of aromatic nitrogens is 2. The van der Waals surface area contributed by atoms with Crippen LogP contribution in [0.3, 0.4) is 0 Å². The van der Waals surface area contributed by atoms with Crippen molar-refractivity contribution in [2.45, 2.75) is 45.2 Å². The number of hydrogen-bond donors (Lipinski definition) is 1. The van der Waals surface area contributed by atoms with Gasteiger partial charge in [0, 0.05) is 12.5 Å². The first-order chi connectivity index (χ1) is 9.69. The number of rotatable bonds is 6. The highest BCUT2D eigenvalue weighted by Gasteiger charge is 2.25. The first-order valence-corrected chi connectivity index (χ1v) is 7.58. The summed E-state index contributed by atoms with van der Waals surface area (Å²) in [4.78, 5) is 0. The fourth-order valence-corrected chi connectivity index (χ4v) is 2.95. The van der Waals surface area contributed by atoms with Crippen LogP contribution in [0.25, 0.3) is 0 Å². The zero-order valence-electron chi connectivity index (χ0n) is 12.1. The molecule has 0 aliphatic rings. The summed E-state index contributed by atoms with van der Waals surface area (Å²) in [5.74, 6) is 0.251. The number of halogens is 1. The monoisotopic (exact) mass is 291 g/mol. The average molecular weight is 292 g/mol. The highest BCUT2D eigenvalue weighted by atomic mass is 35.5. The molecule has 108 valence electrons. The molecule has 4 heteroatoms. The van der Waals surface area contributed by atoms with Crippen molar-refractivity contribution in [2.24, 2.45) is 5.73 Å². The third-order valence-electron chi connectivity index (χ3n) is 3.69. The molecule has 2 aromatic rings. The summed E-state index contributed by atoms with van der Waals surface area (Å²) < 4.78 is 1.94. The Bertz CT molecular complexity index is 536. The van der Waals surface area contributed by atoms with Crippen LogP contribution in [0.4, 0.5) is 0 Å². The number of aryl methyl sites for hydroxylation is 1. The van der Waals surface area contributed by atoms with E-state index in [0.29, 0.717) is 5.02 Å². The van der Waals surface area contributed by atoms with Gasteiger partial charge in [0.1, 0.15) is 0 Å². The Morgan fingerprint density at radius 2 is 1.95 bits per heavy atom. The van der Waals surface area contributed by atoms with Crippen molar-refractivity contribution < 1.29 is 0 Å². The second kappa shape index (κ2) is 6.91. The predicted molar refractivity (Wildman–Crippen MR) is 83.9 cm³/mol. The molecule has 0 bridgehead atoms. The van der Waals surface area contributed by atoms with Gasteiger partial charge in [-0.1, -0.05) is 55.8 Å². The van der Waals surface area contributed by atoms with Crippen LogP contribution in [0.5, 0.6) is 0 Å². The number of nitrogens with zero attached hydrogens (tertiary/aromatic N) is 2. The second-order valence-corrected chi connectivity index (χ2v) is 5.46. The van der Waals surface area contributed by atoms with Crippen molar-refractivity contribution in [2.75, 3.05) is 0 Å². The van der Waals surface area contributed by atoms with Crippen molar-refractivity contribution in [1.82, 2.24) is 9.78 Å². The van der Waals surface area contributed by atoms with E-state index in [4.69, 9.17) is 17.3 Å². The topological polar surface area (TPSA) is 43.8 Å². The summed E-state index contributed by atoms with van der Waals surface area (Å²) in [6, 6.07) is 10.2. The lowest BCUT2D eigenvalue weighted by Gasteiger charge is -2.24. The first kappa shape index (κ1) is 15.1. The van der Waals surface area contributed by atoms with Gasteiger partial charge in [0.25, 0.3) is 0 Å². The fraction of sp³-hybridized carbons (Fsp3) is 0.438. The zero-order valence-corrected chi connectivity index (χ0v) is 12.8. The van der Waals surface area contributed by atoms with E-state index in [2.05, 4.69) is 43.2 Å². The van der Waals surface area contributed by atoms with Gasteiger partial charge >= 0.3 is 0 Å². The van der Waals surface area contributed by atoms with Crippen LogP contribution in [0.15, 0.2) is 36.5 Å². The normalized spacial score (nSPS) is 14.2. The summed E-state index contributed by atoms with van der Waals surface area (Å²) >= 11 is 6.30. The summed E-state index contributed by atoms with van der Waals surface area (Å²) in [5.41, 5.74) is 8.71. The Kier molecular flexibility index (Phi) is 5.21. The van der Waals surface area contributed by atoms with E-state index >= 15 is 0 Å². The zero-order chi connectivity index (χ0) is 14.5. The lowest BCUT2D eigenvalue weighted by Crippen LogP contribution is -2.23. The molecule has 0 saturated heterocycles. The quantitative estimate of drug-likeness (QED) is 0.869.